The second kappa shape index (κ2) is 8.09. The molecule has 0 saturated carbocycles. The van der Waals surface area contributed by atoms with E-state index in [-0.39, 0.29) is 17.2 Å². The van der Waals surface area contributed by atoms with E-state index in [0.717, 1.165) is 16.4 Å². The Balaban J connectivity index is 2.16. The van der Waals surface area contributed by atoms with E-state index in [0.29, 0.717) is 26.2 Å². The van der Waals surface area contributed by atoms with E-state index < -0.39 is 31.9 Å². The Kier molecular flexibility index (Phi) is 6.55. The zero-order valence-electron chi connectivity index (χ0n) is 14.4. The summed E-state index contributed by atoms with van der Waals surface area (Å²) in [5.41, 5.74) is 0. The van der Waals surface area contributed by atoms with Crippen LogP contribution in [0.5, 0.6) is 0 Å². The fourth-order valence-corrected chi connectivity index (χ4v) is 5.83. The number of halogens is 1. The largest absolute Gasteiger partial charge is 0.314 e. The Bertz CT molecular complexity index is 773. The van der Waals surface area contributed by atoms with E-state index in [2.05, 4.69) is 5.32 Å². The van der Waals surface area contributed by atoms with Gasteiger partial charge in [0.25, 0.3) is 0 Å². The first-order valence-electron chi connectivity index (χ1n) is 8.10. The second-order valence-corrected chi connectivity index (χ2v) is 10.1. The van der Waals surface area contributed by atoms with Gasteiger partial charge >= 0.3 is 0 Å². The normalized spacial score (nSPS) is 17.3. The predicted octanol–water partition coefficient (Wildman–Crippen LogP) is 0.460. The van der Waals surface area contributed by atoms with Crippen molar-refractivity contribution in [3.63, 3.8) is 0 Å². The molecule has 10 heteroatoms. The molecule has 1 aromatic rings. The van der Waals surface area contributed by atoms with E-state index in [1.54, 1.807) is 13.8 Å². The van der Waals surface area contributed by atoms with Crippen LogP contribution in [0.4, 0.5) is 4.39 Å². The molecule has 0 aliphatic carbocycles. The molecular weight excluding hydrogens is 369 g/mol. The highest BCUT2D eigenvalue weighted by atomic mass is 32.2. The molecule has 0 aromatic heterocycles. The van der Waals surface area contributed by atoms with Gasteiger partial charge in [-0.3, -0.25) is 0 Å². The van der Waals surface area contributed by atoms with Gasteiger partial charge in [-0.25, -0.2) is 21.2 Å². The molecule has 142 valence electrons. The highest BCUT2D eigenvalue weighted by molar-refractivity contribution is 7.90. The Morgan fingerprint density at radius 3 is 2.20 bits per heavy atom. The number of rotatable bonds is 7. The third kappa shape index (κ3) is 4.98. The fraction of sp³-hybridized carbons (Fsp3) is 0.600. The van der Waals surface area contributed by atoms with Gasteiger partial charge in [-0.05, 0) is 38.1 Å². The molecule has 0 bridgehead atoms. The van der Waals surface area contributed by atoms with Gasteiger partial charge in [0.05, 0.1) is 10.6 Å². The van der Waals surface area contributed by atoms with Crippen molar-refractivity contribution in [2.45, 2.75) is 24.8 Å². The molecular formula is C15H24FN3O4S2. The maximum Gasteiger partial charge on any atom is 0.243 e. The van der Waals surface area contributed by atoms with Crippen molar-refractivity contribution < 1.29 is 21.2 Å². The minimum atomic E-state index is -3.90. The highest BCUT2D eigenvalue weighted by Crippen LogP contribution is 2.19. The molecule has 1 fully saturated rings. The number of benzene rings is 1. The third-order valence-corrected chi connectivity index (χ3v) is 7.98. The molecule has 1 aliphatic heterocycles. The molecule has 0 atom stereocenters. The summed E-state index contributed by atoms with van der Waals surface area (Å²) in [4.78, 5) is -0.0535. The average molecular weight is 394 g/mol. The molecule has 0 amide bonds. The average Bonchev–Trinajstić information content (AvgIpc) is 2.55. The van der Waals surface area contributed by atoms with Crippen LogP contribution in [0, 0.1) is 5.82 Å². The molecule has 0 spiro atoms. The lowest BCUT2D eigenvalue weighted by Gasteiger charge is -2.29. The van der Waals surface area contributed by atoms with Crippen LogP contribution in [0.3, 0.4) is 0 Å². The van der Waals surface area contributed by atoms with Gasteiger partial charge in [0.2, 0.25) is 20.0 Å². The third-order valence-electron chi connectivity index (χ3n) is 4.04. The zero-order chi connectivity index (χ0) is 18.7. The smallest absolute Gasteiger partial charge is 0.243 e. The minimum absolute atomic E-state index is 0.0535. The summed E-state index contributed by atoms with van der Waals surface area (Å²) in [7, 11) is -7.43. The fourth-order valence-electron chi connectivity index (χ4n) is 2.65. The second-order valence-electron chi connectivity index (χ2n) is 6.13. The Morgan fingerprint density at radius 2 is 1.68 bits per heavy atom. The summed E-state index contributed by atoms with van der Waals surface area (Å²) in [5.74, 6) is -0.817. The van der Waals surface area contributed by atoms with Crippen LogP contribution in [0.25, 0.3) is 0 Å². The molecule has 1 aliphatic rings. The van der Waals surface area contributed by atoms with E-state index in [1.165, 1.54) is 16.4 Å². The standard InChI is InChI=1S/C15H24FN3O4S2/c1-13(2)19(25(22,23)15-5-3-14(16)4-6-15)11-12-24(20,21)18-9-7-17-8-10-18/h3-6,13,17H,7-12H2,1-2H3. The van der Waals surface area contributed by atoms with Gasteiger partial charge in [0.15, 0.2) is 0 Å². The molecule has 1 aromatic carbocycles. The van der Waals surface area contributed by atoms with Crippen LogP contribution in [0.2, 0.25) is 0 Å². The van der Waals surface area contributed by atoms with Gasteiger partial charge in [-0.1, -0.05) is 0 Å². The first-order valence-corrected chi connectivity index (χ1v) is 11.2. The van der Waals surface area contributed by atoms with Crippen molar-refractivity contribution in [1.29, 1.82) is 0 Å². The molecule has 0 radical (unpaired) electrons. The SMILES string of the molecule is CC(C)N(CCS(=O)(=O)N1CCNCC1)S(=O)(=O)c1ccc(F)cc1. The van der Waals surface area contributed by atoms with Crippen LogP contribution >= 0.6 is 0 Å². The van der Waals surface area contributed by atoms with Crippen LogP contribution < -0.4 is 5.32 Å². The van der Waals surface area contributed by atoms with Crippen molar-refractivity contribution >= 4 is 20.0 Å². The first kappa shape index (κ1) is 20.2. The number of hydrogen-bond donors (Lipinski definition) is 1. The Hall–Kier alpha value is -1.07. The summed E-state index contributed by atoms with van der Waals surface area (Å²) in [6.45, 7) is 5.14. The molecule has 0 unspecified atom stereocenters. The summed E-state index contributed by atoms with van der Waals surface area (Å²) in [5, 5.41) is 3.08. The predicted molar refractivity (Wildman–Crippen MR) is 93.7 cm³/mol. The zero-order valence-corrected chi connectivity index (χ0v) is 16.0. The van der Waals surface area contributed by atoms with Crippen molar-refractivity contribution in [2.75, 3.05) is 38.5 Å². The van der Waals surface area contributed by atoms with Gasteiger partial charge in [-0.2, -0.15) is 8.61 Å². The number of sulfonamides is 2. The molecule has 2 rings (SSSR count). The van der Waals surface area contributed by atoms with Crippen molar-refractivity contribution in [3.05, 3.63) is 30.1 Å². The highest BCUT2D eigenvalue weighted by Gasteiger charge is 2.30. The van der Waals surface area contributed by atoms with Crippen molar-refractivity contribution in [3.8, 4) is 0 Å². The number of hydrogen-bond acceptors (Lipinski definition) is 5. The van der Waals surface area contributed by atoms with E-state index in [1.807, 2.05) is 0 Å². The van der Waals surface area contributed by atoms with E-state index in [4.69, 9.17) is 0 Å². The number of nitrogens with zero attached hydrogens (tertiary/aromatic N) is 2. The maximum atomic E-state index is 13.0. The molecule has 1 saturated heterocycles. The summed E-state index contributed by atoms with van der Waals surface area (Å²) in [6.07, 6.45) is 0. The lowest BCUT2D eigenvalue weighted by molar-refractivity contribution is 0.346. The summed E-state index contributed by atoms with van der Waals surface area (Å²) >= 11 is 0. The van der Waals surface area contributed by atoms with E-state index >= 15 is 0 Å². The topological polar surface area (TPSA) is 86.8 Å². The molecule has 7 nitrogen and oxygen atoms in total. The van der Waals surface area contributed by atoms with E-state index in [9.17, 15) is 21.2 Å². The lowest BCUT2D eigenvalue weighted by atomic mass is 10.4. The maximum absolute atomic E-state index is 13.0. The Morgan fingerprint density at radius 1 is 1.12 bits per heavy atom. The Labute approximate surface area is 148 Å². The minimum Gasteiger partial charge on any atom is -0.314 e. The van der Waals surface area contributed by atoms with Crippen LogP contribution in [0.1, 0.15) is 13.8 Å². The molecule has 1 heterocycles. The number of nitrogens with one attached hydrogen (secondary N) is 1. The van der Waals surface area contributed by atoms with Crippen molar-refractivity contribution in [1.82, 2.24) is 13.9 Å². The van der Waals surface area contributed by atoms with Crippen LogP contribution in [-0.2, 0) is 20.0 Å². The van der Waals surface area contributed by atoms with Gasteiger partial charge in [0, 0.05) is 38.8 Å². The summed E-state index contributed by atoms with van der Waals surface area (Å²) in [6, 6.07) is 4.09. The summed E-state index contributed by atoms with van der Waals surface area (Å²) < 4.78 is 66.0. The van der Waals surface area contributed by atoms with Crippen LogP contribution in [0.15, 0.2) is 29.2 Å². The monoisotopic (exact) mass is 393 g/mol. The van der Waals surface area contributed by atoms with Crippen molar-refractivity contribution in [2.24, 2.45) is 0 Å². The molecule has 1 N–H and O–H groups in total. The van der Waals surface area contributed by atoms with Gasteiger partial charge in [0.1, 0.15) is 5.82 Å². The molecule has 25 heavy (non-hydrogen) atoms. The quantitative estimate of drug-likeness (QED) is 0.727. The number of piperazine rings is 1. The van der Waals surface area contributed by atoms with Gasteiger partial charge in [-0.15, -0.1) is 0 Å². The lowest BCUT2D eigenvalue weighted by Crippen LogP contribution is -2.49. The first-order chi connectivity index (χ1) is 11.6. The van der Waals surface area contributed by atoms with Crippen LogP contribution in [-0.4, -0.2) is 70.0 Å². The van der Waals surface area contributed by atoms with Gasteiger partial charge < -0.3 is 5.32 Å².